The van der Waals surface area contributed by atoms with Gasteiger partial charge in [0.2, 0.25) is 15.9 Å². The van der Waals surface area contributed by atoms with Crippen molar-refractivity contribution in [1.82, 2.24) is 24.8 Å². The average Bonchev–Trinajstić information content (AvgIpc) is 3.31. The molecule has 0 saturated heterocycles. The number of non-ortho nitro benzene ring substituents is 1. The van der Waals surface area contributed by atoms with Gasteiger partial charge in [-0.1, -0.05) is 13.0 Å². The molecule has 0 aliphatic rings. The fourth-order valence-corrected chi connectivity index (χ4v) is 5.09. The predicted octanol–water partition coefficient (Wildman–Crippen LogP) is 3.90. The highest BCUT2D eigenvalue weighted by Crippen LogP contribution is 2.36. The lowest BCUT2D eigenvalue weighted by atomic mass is 10.2. The molecule has 0 bridgehead atoms. The van der Waals surface area contributed by atoms with Crippen molar-refractivity contribution in [2.75, 3.05) is 13.7 Å². The van der Waals surface area contributed by atoms with Gasteiger partial charge in [-0.05, 0) is 55.3 Å². The van der Waals surface area contributed by atoms with Crippen LogP contribution in [0, 0.1) is 17.0 Å². The maximum atomic E-state index is 13.2. The smallest absolute Gasteiger partial charge is 0.272 e. The summed E-state index contributed by atoms with van der Waals surface area (Å²) in [4.78, 5) is 27.5. The second kappa shape index (κ2) is 12.6. The highest BCUT2D eigenvalue weighted by Gasteiger charge is 2.27. The Morgan fingerprint density at radius 1 is 1.15 bits per heavy atom. The number of amides is 1. The molecule has 0 saturated carbocycles. The topological polar surface area (TPSA) is 168 Å². The molecule has 0 aliphatic carbocycles. The van der Waals surface area contributed by atoms with Crippen LogP contribution < -0.4 is 19.5 Å². The summed E-state index contributed by atoms with van der Waals surface area (Å²) in [5, 5.41) is 18.7. The number of hydrogen-bond donors (Lipinski definition) is 2. The van der Waals surface area contributed by atoms with E-state index in [2.05, 4.69) is 20.1 Å². The molecule has 0 aliphatic heterocycles. The van der Waals surface area contributed by atoms with Gasteiger partial charge in [0.05, 0.1) is 17.7 Å². The minimum absolute atomic E-state index is 0.0372. The molecule has 2 heterocycles. The minimum atomic E-state index is -4.19. The van der Waals surface area contributed by atoms with Crippen molar-refractivity contribution in [1.29, 1.82) is 0 Å². The molecule has 41 heavy (non-hydrogen) atoms. The number of nitrogens with zero attached hydrogens (tertiary/aromatic N) is 4. The summed E-state index contributed by atoms with van der Waals surface area (Å²) >= 11 is 0. The maximum absolute atomic E-state index is 13.2. The number of carbonyl (C=O) groups excluding carboxylic acids is 1. The third-order valence-corrected chi connectivity index (χ3v) is 7.43. The van der Waals surface area contributed by atoms with Crippen LogP contribution in [0.15, 0.2) is 71.9 Å². The maximum Gasteiger partial charge on any atom is 0.272 e. The van der Waals surface area contributed by atoms with Crippen LogP contribution in [0.2, 0.25) is 0 Å². The lowest BCUT2D eigenvalue weighted by molar-refractivity contribution is -0.385. The second-order valence-electron chi connectivity index (χ2n) is 8.82. The molecular formula is C27H28N6O7S. The molecular weight excluding hydrogens is 552 g/mol. The van der Waals surface area contributed by atoms with Gasteiger partial charge < -0.3 is 14.8 Å². The first-order valence-electron chi connectivity index (χ1n) is 12.5. The zero-order chi connectivity index (χ0) is 29.6. The number of nitro benzene ring substituents is 1. The molecule has 214 valence electrons. The Bertz CT molecular complexity index is 1660. The number of nitrogens with one attached hydrogen (secondary N) is 2. The van der Waals surface area contributed by atoms with E-state index in [4.69, 9.17) is 9.47 Å². The number of hydrogen-bond acceptors (Lipinski definition) is 9. The largest absolute Gasteiger partial charge is 0.497 e. The van der Waals surface area contributed by atoms with Crippen LogP contribution in [0.3, 0.4) is 0 Å². The summed E-state index contributed by atoms with van der Waals surface area (Å²) in [6.45, 7) is 3.71. The highest BCUT2D eigenvalue weighted by molar-refractivity contribution is 7.89. The summed E-state index contributed by atoms with van der Waals surface area (Å²) < 4.78 is 41.3. The lowest BCUT2D eigenvalue weighted by Crippen LogP contribution is -2.25. The van der Waals surface area contributed by atoms with E-state index in [0.717, 1.165) is 17.7 Å². The van der Waals surface area contributed by atoms with Gasteiger partial charge in [0.25, 0.3) is 11.6 Å². The zero-order valence-corrected chi connectivity index (χ0v) is 23.3. The SMILES string of the molecule is CCCNS(=O)(=O)c1cc([N+](=O)[O-])ccc1Oc1c(C)c(C(=O)NCc2cccnc2)nn1-c1ccc(OC)cc1. The number of sulfonamides is 1. The number of ether oxygens (including phenoxy) is 2. The van der Waals surface area contributed by atoms with Gasteiger partial charge >= 0.3 is 0 Å². The molecule has 1 amide bonds. The number of methoxy groups -OCH3 is 1. The Labute approximate surface area is 236 Å². The molecule has 14 heteroatoms. The third-order valence-electron chi connectivity index (χ3n) is 5.95. The van der Waals surface area contributed by atoms with Gasteiger partial charge in [-0.15, -0.1) is 0 Å². The molecule has 0 radical (unpaired) electrons. The van der Waals surface area contributed by atoms with Crippen LogP contribution in [0.5, 0.6) is 17.4 Å². The number of benzene rings is 2. The molecule has 2 N–H and O–H groups in total. The Kier molecular flexibility index (Phi) is 8.94. The van der Waals surface area contributed by atoms with Crippen molar-refractivity contribution in [3.8, 4) is 23.1 Å². The quantitative estimate of drug-likeness (QED) is 0.186. The first-order chi connectivity index (χ1) is 19.6. The van der Waals surface area contributed by atoms with Gasteiger partial charge in [0, 0.05) is 43.2 Å². The van der Waals surface area contributed by atoms with Crippen molar-refractivity contribution < 1.29 is 27.6 Å². The molecule has 2 aromatic heterocycles. The van der Waals surface area contributed by atoms with Gasteiger partial charge in [-0.3, -0.25) is 19.9 Å². The number of pyridine rings is 1. The monoisotopic (exact) mass is 580 g/mol. The summed E-state index contributed by atoms with van der Waals surface area (Å²) in [6, 6.07) is 13.6. The van der Waals surface area contributed by atoms with Crippen LogP contribution in [0.25, 0.3) is 5.69 Å². The summed E-state index contributed by atoms with van der Waals surface area (Å²) in [6.07, 6.45) is 3.76. The van der Waals surface area contributed by atoms with E-state index in [1.54, 1.807) is 56.6 Å². The number of carbonyl (C=O) groups is 1. The standard InChI is InChI=1S/C27H28N6O7S/c1-4-13-30-41(37,38)24-15-21(33(35)36)9-12-23(24)40-27-18(2)25(26(34)29-17-19-6-5-14-28-16-19)31-32(27)20-7-10-22(39-3)11-8-20/h5-12,14-16,30H,4,13,17H2,1-3H3,(H,29,34). The highest BCUT2D eigenvalue weighted by atomic mass is 32.2. The van der Waals surface area contributed by atoms with Crippen molar-refractivity contribution in [3.05, 3.63) is 93.9 Å². The molecule has 0 unspecified atom stereocenters. The van der Waals surface area contributed by atoms with Gasteiger partial charge in [-0.2, -0.15) is 9.78 Å². The van der Waals surface area contributed by atoms with Crippen molar-refractivity contribution in [2.45, 2.75) is 31.7 Å². The normalized spacial score (nSPS) is 11.2. The van der Waals surface area contributed by atoms with E-state index in [9.17, 15) is 23.3 Å². The van der Waals surface area contributed by atoms with E-state index in [-0.39, 0.29) is 30.4 Å². The molecule has 0 fully saturated rings. The average molecular weight is 581 g/mol. The van der Waals surface area contributed by atoms with Gasteiger partial charge in [0.1, 0.15) is 16.4 Å². The number of rotatable bonds is 12. The van der Waals surface area contributed by atoms with E-state index >= 15 is 0 Å². The van der Waals surface area contributed by atoms with Crippen molar-refractivity contribution in [3.63, 3.8) is 0 Å². The first kappa shape index (κ1) is 29.2. The molecule has 2 aromatic carbocycles. The Balaban J connectivity index is 1.79. The number of aromatic nitrogens is 3. The van der Waals surface area contributed by atoms with Crippen LogP contribution in [0.1, 0.15) is 35.0 Å². The fraction of sp³-hybridized carbons (Fsp3) is 0.222. The summed E-state index contributed by atoms with van der Waals surface area (Å²) in [5.41, 5.74) is 1.20. The van der Waals surface area contributed by atoms with Crippen LogP contribution in [0.4, 0.5) is 5.69 Å². The van der Waals surface area contributed by atoms with Crippen LogP contribution in [-0.4, -0.2) is 47.7 Å². The van der Waals surface area contributed by atoms with E-state index in [1.165, 1.54) is 17.9 Å². The molecule has 0 atom stereocenters. The second-order valence-corrected chi connectivity index (χ2v) is 10.6. The van der Waals surface area contributed by atoms with Crippen molar-refractivity contribution >= 4 is 21.6 Å². The zero-order valence-electron chi connectivity index (χ0n) is 22.5. The van der Waals surface area contributed by atoms with E-state index < -0.39 is 31.4 Å². The Morgan fingerprint density at radius 2 is 1.90 bits per heavy atom. The van der Waals surface area contributed by atoms with E-state index in [0.29, 0.717) is 23.4 Å². The minimum Gasteiger partial charge on any atom is -0.497 e. The fourth-order valence-electron chi connectivity index (χ4n) is 3.81. The first-order valence-corrected chi connectivity index (χ1v) is 14.0. The van der Waals surface area contributed by atoms with Gasteiger partial charge in [-0.25, -0.2) is 13.1 Å². The lowest BCUT2D eigenvalue weighted by Gasteiger charge is -2.14. The summed E-state index contributed by atoms with van der Waals surface area (Å²) in [7, 11) is -2.66. The predicted molar refractivity (Wildman–Crippen MR) is 149 cm³/mol. The Morgan fingerprint density at radius 3 is 2.54 bits per heavy atom. The third kappa shape index (κ3) is 6.67. The van der Waals surface area contributed by atoms with E-state index in [1.807, 2.05) is 6.07 Å². The molecule has 4 rings (SSSR count). The summed E-state index contributed by atoms with van der Waals surface area (Å²) in [5.74, 6) is -0.0494. The van der Waals surface area contributed by atoms with Crippen molar-refractivity contribution in [2.24, 2.45) is 0 Å². The van der Waals surface area contributed by atoms with Crippen LogP contribution in [-0.2, 0) is 16.6 Å². The molecule has 4 aromatic rings. The molecule has 13 nitrogen and oxygen atoms in total. The number of nitro groups is 1. The van der Waals surface area contributed by atoms with Crippen LogP contribution >= 0.6 is 0 Å². The van der Waals surface area contributed by atoms with Gasteiger partial charge in [0.15, 0.2) is 5.69 Å². The molecule has 0 spiro atoms. The Hall–Kier alpha value is -4.82.